The van der Waals surface area contributed by atoms with E-state index in [1.165, 1.54) is 0 Å². The fourth-order valence-electron chi connectivity index (χ4n) is 1.86. The molecule has 2 aliphatic rings. The summed E-state index contributed by atoms with van der Waals surface area (Å²) in [6.07, 6.45) is 4.23. The Balaban J connectivity index is 1.79. The van der Waals surface area contributed by atoms with Crippen molar-refractivity contribution in [2.45, 2.75) is 31.6 Å². The Morgan fingerprint density at radius 2 is 1.81 bits per heavy atom. The van der Waals surface area contributed by atoms with E-state index in [2.05, 4.69) is 0 Å². The second kappa shape index (κ2) is 3.72. The predicted molar refractivity (Wildman–Crippen MR) is 56.6 cm³/mol. The molecule has 0 bridgehead atoms. The van der Waals surface area contributed by atoms with Crippen molar-refractivity contribution in [1.82, 2.24) is 0 Å². The van der Waals surface area contributed by atoms with Gasteiger partial charge in [0.1, 0.15) is 0 Å². The van der Waals surface area contributed by atoms with Gasteiger partial charge in [-0.05, 0) is 49.1 Å². The molecule has 1 aromatic carbocycles. The van der Waals surface area contributed by atoms with Crippen LogP contribution < -0.4 is 4.74 Å². The van der Waals surface area contributed by atoms with Crippen molar-refractivity contribution in [3.63, 3.8) is 0 Å². The van der Waals surface area contributed by atoms with Crippen molar-refractivity contribution in [3.05, 3.63) is 29.3 Å². The van der Waals surface area contributed by atoms with E-state index in [9.17, 15) is 8.78 Å². The van der Waals surface area contributed by atoms with E-state index in [4.69, 9.17) is 4.74 Å². The first-order chi connectivity index (χ1) is 7.75. The minimum Gasteiger partial charge on any atom is -0.490 e. The summed E-state index contributed by atoms with van der Waals surface area (Å²) in [6.45, 7) is 0.513. The molecule has 0 radical (unpaired) electrons. The Hall–Kier alpha value is -1.12. The summed E-state index contributed by atoms with van der Waals surface area (Å²) >= 11 is 0. The number of hydrogen-bond donors (Lipinski definition) is 0. The van der Waals surface area contributed by atoms with Gasteiger partial charge >= 0.3 is 0 Å². The Bertz CT molecular complexity index is 409. The molecule has 2 fully saturated rings. The molecule has 3 heteroatoms. The lowest BCUT2D eigenvalue weighted by Crippen LogP contribution is -2.03. The first kappa shape index (κ1) is 10.1. The summed E-state index contributed by atoms with van der Waals surface area (Å²) in [4.78, 5) is 0. The van der Waals surface area contributed by atoms with Crippen LogP contribution in [-0.2, 0) is 0 Å². The van der Waals surface area contributed by atoms with Crippen molar-refractivity contribution in [1.29, 1.82) is 0 Å². The van der Waals surface area contributed by atoms with Gasteiger partial charge < -0.3 is 4.74 Å². The predicted octanol–water partition coefficient (Wildman–Crippen LogP) is 3.63. The van der Waals surface area contributed by atoms with Gasteiger partial charge in [0.05, 0.1) is 6.61 Å². The van der Waals surface area contributed by atoms with Crippen LogP contribution in [0, 0.1) is 17.6 Å². The summed E-state index contributed by atoms with van der Waals surface area (Å²) in [5.74, 6) is -0.688. The second-order valence-corrected chi connectivity index (χ2v) is 4.81. The fraction of sp³-hybridized carbons (Fsp3) is 0.538. The standard InChI is InChI=1S/C13H14F2O/c14-12-10(9-3-4-9)5-6-11(13(12)15)16-7-8-1-2-8/h5-6,8-9H,1-4,7H2. The summed E-state index contributed by atoms with van der Waals surface area (Å²) < 4.78 is 32.5. The van der Waals surface area contributed by atoms with Gasteiger partial charge in [0.25, 0.3) is 0 Å². The molecular formula is C13H14F2O. The van der Waals surface area contributed by atoms with Crippen molar-refractivity contribution in [3.8, 4) is 5.75 Å². The van der Waals surface area contributed by atoms with Crippen molar-refractivity contribution in [2.75, 3.05) is 6.61 Å². The fourth-order valence-corrected chi connectivity index (χ4v) is 1.86. The Morgan fingerprint density at radius 1 is 1.06 bits per heavy atom. The molecule has 0 aliphatic heterocycles. The maximum atomic E-state index is 13.6. The maximum absolute atomic E-state index is 13.6. The highest BCUT2D eigenvalue weighted by Gasteiger charge is 2.29. The normalized spacial score (nSPS) is 19.9. The maximum Gasteiger partial charge on any atom is 0.200 e. The minimum atomic E-state index is -0.815. The van der Waals surface area contributed by atoms with Gasteiger partial charge in [0.2, 0.25) is 5.82 Å². The van der Waals surface area contributed by atoms with Gasteiger partial charge in [0.15, 0.2) is 11.6 Å². The largest absolute Gasteiger partial charge is 0.490 e. The SMILES string of the molecule is Fc1c(OCC2CC2)ccc(C2CC2)c1F. The lowest BCUT2D eigenvalue weighted by Gasteiger charge is -2.09. The Kier molecular flexibility index (Phi) is 2.34. The molecule has 1 nitrogen and oxygen atoms in total. The lowest BCUT2D eigenvalue weighted by molar-refractivity contribution is 0.279. The zero-order valence-corrected chi connectivity index (χ0v) is 9.01. The van der Waals surface area contributed by atoms with Crippen LogP contribution in [0.15, 0.2) is 12.1 Å². The second-order valence-electron chi connectivity index (χ2n) is 4.81. The van der Waals surface area contributed by atoms with Crippen molar-refractivity contribution >= 4 is 0 Å². The molecule has 0 unspecified atom stereocenters. The first-order valence-corrected chi connectivity index (χ1v) is 5.86. The third-order valence-electron chi connectivity index (χ3n) is 3.27. The summed E-state index contributed by atoms with van der Waals surface area (Å²) in [7, 11) is 0. The number of ether oxygens (including phenoxy) is 1. The van der Waals surface area contributed by atoms with Gasteiger partial charge in [-0.15, -0.1) is 0 Å². The van der Waals surface area contributed by atoms with Gasteiger partial charge in [-0.1, -0.05) is 6.07 Å². The molecule has 0 heterocycles. The molecule has 86 valence electrons. The Labute approximate surface area is 93.4 Å². The molecule has 2 aliphatic carbocycles. The van der Waals surface area contributed by atoms with Gasteiger partial charge in [-0.2, -0.15) is 4.39 Å². The number of benzene rings is 1. The van der Waals surface area contributed by atoms with Crippen LogP contribution in [0.25, 0.3) is 0 Å². The molecule has 3 rings (SSSR count). The summed E-state index contributed by atoms with van der Waals surface area (Å²) in [5.41, 5.74) is 0.510. The third kappa shape index (κ3) is 1.91. The highest BCUT2D eigenvalue weighted by Crippen LogP contribution is 2.42. The van der Waals surface area contributed by atoms with Crippen LogP contribution in [-0.4, -0.2) is 6.61 Å². The monoisotopic (exact) mass is 224 g/mol. The van der Waals surface area contributed by atoms with Crippen LogP contribution in [0.5, 0.6) is 5.75 Å². The summed E-state index contributed by atoms with van der Waals surface area (Å²) in [5, 5.41) is 0. The average molecular weight is 224 g/mol. The van der Waals surface area contributed by atoms with E-state index in [-0.39, 0.29) is 11.7 Å². The number of halogens is 2. The molecule has 0 atom stereocenters. The van der Waals surface area contributed by atoms with Gasteiger partial charge in [-0.25, -0.2) is 4.39 Å². The molecular weight excluding hydrogens is 210 g/mol. The molecule has 2 saturated carbocycles. The van der Waals surface area contributed by atoms with Crippen LogP contribution in [0.3, 0.4) is 0 Å². The highest BCUT2D eigenvalue weighted by atomic mass is 19.2. The molecule has 1 aromatic rings. The van der Waals surface area contributed by atoms with Crippen LogP contribution in [0.4, 0.5) is 8.78 Å². The van der Waals surface area contributed by atoms with E-state index in [0.717, 1.165) is 25.7 Å². The van der Waals surface area contributed by atoms with E-state index >= 15 is 0 Å². The number of rotatable bonds is 4. The third-order valence-corrected chi connectivity index (χ3v) is 3.27. The Morgan fingerprint density at radius 3 is 2.44 bits per heavy atom. The molecule has 0 aromatic heterocycles. The van der Waals surface area contributed by atoms with E-state index < -0.39 is 11.6 Å². The van der Waals surface area contributed by atoms with Crippen LogP contribution >= 0.6 is 0 Å². The molecule has 0 saturated heterocycles. The smallest absolute Gasteiger partial charge is 0.200 e. The van der Waals surface area contributed by atoms with Crippen molar-refractivity contribution < 1.29 is 13.5 Å². The van der Waals surface area contributed by atoms with Crippen LogP contribution in [0.2, 0.25) is 0 Å². The topological polar surface area (TPSA) is 9.23 Å². The average Bonchev–Trinajstić information content (AvgIpc) is 3.14. The van der Waals surface area contributed by atoms with E-state index in [1.807, 2.05) is 0 Å². The van der Waals surface area contributed by atoms with Gasteiger partial charge in [-0.3, -0.25) is 0 Å². The molecule has 0 spiro atoms. The lowest BCUT2D eigenvalue weighted by atomic mass is 10.1. The van der Waals surface area contributed by atoms with Gasteiger partial charge in [0, 0.05) is 0 Å². The molecule has 0 amide bonds. The first-order valence-electron chi connectivity index (χ1n) is 5.86. The quantitative estimate of drug-likeness (QED) is 0.758. The summed E-state index contributed by atoms with van der Waals surface area (Å²) in [6, 6.07) is 3.23. The zero-order chi connectivity index (χ0) is 11.1. The zero-order valence-electron chi connectivity index (χ0n) is 9.01. The molecule has 0 N–H and O–H groups in total. The minimum absolute atomic E-state index is 0.0637. The number of hydrogen-bond acceptors (Lipinski definition) is 1. The molecule has 16 heavy (non-hydrogen) atoms. The van der Waals surface area contributed by atoms with E-state index in [0.29, 0.717) is 18.1 Å². The van der Waals surface area contributed by atoms with Crippen LogP contribution in [0.1, 0.15) is 37.2 Å². The highest BCUT2D eigenvalue weighted by molar-refractivity contribution is 5.34. The van der Waals surface area contributed by atoms with E-state index in [1.54, 1.807) is 12.1 Å². The van der Waals surface area contributed by atoms with Crippen molar-refractivity contribution in [2.24, 2.45) is 5.92 Å².